The third kappa shape index (κ3) is 3.05. The number of nitrogens with zero attached hydrogens (tertiary/aromatic N) is 1. The van der Waals surface area contributed by atoms with E-state index in [1.807, 2.05) is 0 Å². The lowest BCUT2D eigenvalue weighted by atomic mass is 9.98. The van der Waals surface area contributed by atoms with Crippen LogP contribution >= 0.6 is 27.5 Å². The molecule has 18 heavy (non-hydrogen) atoms. The number of aliphatic hydroxyl groups is 1. The summed E-state index contributed by atoms with van der Waals surface area (Å²) in [5.74, 6) is 0.212. The zero-order valence-electron chi connectivity index (χ0n) is 9.90. The van der Waals surface area contributed by atoms with Gasteiger partial charge in [-0.2, -0.15) is 0 Å². The van der Waals surface area contributed by atoms with Gasteiger partial charge in [-0.05, 0) is 52.9 Å². The van der Waals surface area contributed by atoms with E-state index in [0.29, 0.717) is 17.1 Å². The molecule has 98 valence electrons. The highest BCUT2D eigenvalue weighted by Gasteiger charge is 2.24. The van der Waals surface area contributed by atoms with Crippen molar-refractivity contribution in [3.63, 3.8) is 0 Å². The number of halogens is 2. The molecule has 1 aliphatic rings. The lowest BCUT2D eigenvalue weighted by molar-refractivity contribution is 0.0620. The highest BCUT2D eigenvalue weighted by Crippen LogP contribution is 2.25. The van der Waals surface area contributed by atoms with Crippen LogP contribution in [-0.4, -0.2) is 35.6 Å². The Hall–Kier alpha value is -0.580. The van der Waals surface area contributed by atoms with E-state index < -0.39 is 0 Å². The van der Waals surface area contributed by atoms with Crippen LogP contribution in [0.1, 0.15) is 23.2 Å². The minimum absolute atomic E-state index is 0.00511. The minimum atomic E-state index is 0.00511. The van der Waals surface area contributed by atoms with Crippen molar-refractivity contribution in [2.45, 2.75) is 12.8 Å². The Bertz CT molecular complexity index is 453. The van der Waals surface area contributed by atoms with Gasteiger partial charge in [-0.25, -0.2) is 0 Å². The Morgan fingerprint density at radius 2 is 2.33 bits per heavy atom. The third-order valence-corrected chi connectivity index (χ3v) is 4.44. The predicted molar refractivity (Wildman–Crippen MR) is 74.9 cm³/mol. The molecule has 0 bridgehead atoms. The number of hydrogen-bond donors (Lipinski definition) is 1. The zero-order valence-corrected chi connectivity index (χ0v) is 12.2. The molecule has 1 atom stereocenters. The number of rotatable bonds is 2. The lowest BCUT2D eigenvalue weighted by Crippen LogP contribution is -2.40. The van der Waals surface area contributed by atoms with Crippen LogP contribution < -0.4 is 0 Å². The first-order valence-electron chi connectivity index (χ1n) is 5.97. The molecule has 0 spiro atoms. The summed E-state index contributed by atoms with van der Waals surface area (Å²) in [7, 11) is 0. The lowest BCUT2D eigenvalue weighted by Gasteiger charge is -2.32. The Morgan fingerprint density at radius 1 is 1.56 bits per heavy atom. The van der Waals surface area contributed by atoms with Gasteiger partial charge in [-0.1, -0.05) is 11.6 Å². The molecule has 0 aliphatic carbocycles. The first-order valence-corrected chi connectivity index (χ1v) is 7.14. The van der Waals surface area contributed by atoms with Crippen molar-refractivity contribution in [2.75, 3.05) is 19.7 Å². The fourth-order valence-corrected chi connectivity index (χ4v) is 2.71. The maximum atomic E-state index is 12.3. The average molecular weight is 333 g/mol. The molecule has 1 aliphatic heterocycles. The van der Waals surface area contributed by atoms with Gasteiger partial charge in [0.25, 0.3) is 5.91 Å². The van der Waals surface area contributed by atoms with Crippen molar-refractivity contribution in [3.05, 3.63) is 33.3 Å². The SMILES string of the molecule is O=C(c1ccc(Cl)c(Br)c1)N1CCCC(CO)C1. The van der Waals surface area contributed by atoms with Crippen LogP contribution in [0.5, 0.6) is 0 Å². The first kappa shape index (κ1) is 13.8. The standard InChI is InChI=1S/C13H15BrClNO2/c14-11-6-10(3-4-12(11)15)13(18)16-5-1-2-9(7-16)8-17/h3-4,6,9,17H,1-2,5,7-8H2. The molecule has 1 aromatic carbocycles. The summed E-state index contributed by atoms with van der Waals surface area (Å²) in [6, 6.07) is 5.19. The maximum absolute atomic E-state index is 12.3. The number of likely N-dealkylation sites (tertiary alicyclic amines) is 1. The quantitative estimate of drug-likeness (QED) is 0.904. The van der Waals surface area contributed by atoms with E-state index in [4.69, 9.17) is 11.6 Å². The summed E-state index contributed by atoms with van der Waals surface area (Å²) in [6.07, 6.45) is 1.94. The van der Waals surface area contributed by atoms with Gasteiger partial charge < -0.3 is 10.0 Å². The molecule has 1 unspecified atom stereocenters. The van der Waals surface area contributed by atoms with Gasteiger partial charge in [-0.3, -0.25) is 4.79 Å². The maximum Gasteiger partial charge on any atom is 0.253 e. The summed E-state index contributed by atoms with van der Waals surface area (Å²) in [5, 5.41) is 9.77. The molecular weight excluding hydrogens is 318 g/mol. The summed E-state index contributed by atoms with van der Waals surface area (Å²) in [6.45, 7) is 1.54. The molecule has 1 amide bonds. The van der Waals surface area contributed by atoms with Gasteiger partial charge in [-0.15, -0.1) is 0 Å². The molecule has 0 aromatic heterocycles. The summed E-state index contributed by atoms with van der Waals surface area (Å²) < 4.78 is 0.728. The number of hydrogen-bond acceptors (Lipinski definition) is 2. The molecule has 1 saturated heterocycles. The third-order valence-electron chi connectivity index (χ3n) is 3.23. The average Bonchev–Trinajstić information content (AvgIpc) is 2.41. The Morgan fingerprint density at radius 3 is 3.00 bits per heavy atom. The van der Waals surface area contributed by atoms with E-state index in [-0.39, 0.29) is 18.4 Å². The van der Waals surface area contributed by atoms with Crippen LogP contribution in [0.3, 0.4) is 0 Å². The van der Waals surface area contributed by atoms with Gasteiger partial charge >= 0.3 is 0 Å². The van der Waals surface area contributed by atoms with E-state index >= 15 is 0 Å². The predicted octanol–water partition coefficient (Wildman–Crippen LogP) is 2.95. The topological polar surface area (TPSA) is 40.5 Å². The first-order chi connectivity index (χ1) is 8.61. The van der Waals surface area contributed by atoms with E-state index in [1.165, 1.54) is 0 Å². The van der Waals surface area contributed by atoms with Crippen molar-refractivity contribution in [3.8, 4) is 0 Å². The second-order valence-electron chi connectivity index (χ2n) is 4.57. The van der Waals surface area contributed by atoms with Crippen LogP contribution in [0.15, 0.2) is 22.7 Å². The summed E-state index contributed by atoms with van der Waals surface area (Å²) in [5.41, 5.74) is 0.630. The van der Waals surface area contributed by atoms with Gasteiger partial charge in [0.15, 0.2) is 0 Å². The van der Waals surface area contributed by atoms with Gasteiger partial charge in [0.2, 0.25) is 0 Å². The molecule has 1 aromatic rings. The molecule has 3 nitrogen and oxygen atoms in total. The summed E-state index contributed by atoms with van der Waals surface area (Å²) in [4.78, 5) is 14.1. The molecule has 1 N–H and O–H groups in total. The highest BCUT2D eigenvalue weighted by molar-refractivity contribution is 9.10. The number of carbonyl (C=O) groups excluding carboxylic acids is 1. The Kier molecular flexibility index (Phi) is 4.65. The van der Waals surface area contributed by atoms with E-state index in [0.717, 1.165) is 23.9 Å². The van der Waals surface area contributed by atoms with Crippen LogP contribution in [-0.2, 0) is 0 Å². The normalized spacial score (nSPS) is 19.9. The zero-order chi connectivity index (χ0) is 13.1. The molecule has 1 heterocycles. The highest BCUT2D eigenvalue weighted by atomic mass is 79.9. The molecule has 0 radical (unpaired) electrons. The minimum Gasteiger partial charge on any atom is -0.396 e. The monoisotopic (exact) mass is 331 g/mol. The molecule has 5 heteroatoms. The van der Waals surface area contributed by atoms with Crippen molar-refractivity contribution in [1.29, 1.82) is 0 Å². The fraction of sp³-hybridized carbons (Fsp3) is 0.462. The van der Waals surface area contributed by atoms with Crippen LogP contribution in [0.2, 0.25) is 5.02 Å². The number of benzene rings is 1. The van der Waals surface area contributed by atoms with Gasteiger partial charge in [0.05, 0.1) is 5.02 Å². The Labute approximate surface area is 120 Å². The van der Waals surface area contributed by atoms with Gasteiger partial charge in [0.1, 0.15) is 0 Å². The van der Waals surface area contributed by atoms with Crippen molar-refractivity contribution in [1.82, 2.24) is 4.90 Å². The van der Waals surface area contributed by atoms with Gasteiger partial charge in [0, 0.05) is 29.7 Å². The van der Waals surface area contributed by atoms with Crippen LogP contribution in [0.4, 0.5) is 0 Å². The van der Waals surface area contributed by atoms with Crippen molar-refractivity contribution < 1.29 is 9.90 Å². The van der Waals surface area contributed by atoms with E-state index in [2.05, 4.69) is 15.9 Å². The number of amides is 1. The summed E-state index contributed by atoms with van der Waals surface area (Å²) >= 11 is 9.23. The second kappa shape index (κ2) is 6.04. The number of piperidine rings is 1. The van der Waals surface area contributed by atoms with Crippen LogP contribution in [0, 0.1) is 5.92 Å². The second-order valence-corrected chi connectivity index (χ2v) is 5.83. The van der Waals surface area contributed by atoms with E-state index in [9.17, 15) is 9.90 Å². The molecule has 1 fully saturated rings. The van der Waals surface area contributed by atoms with Crippen molar-refractivity contribution in [2.24, 2.45) is 5.92 Å². The van der Waals surface area contributed by atoms with Crippen molar-refractivity contribution >= 4 is 33.4 Å². The Balaban J connectivity index is 2.12. The molecule has 2 rings (SSSR count). The number of carbonyl (C=O) groups is 1. The van der Waals surface area contributed by atoms with E-state index in [1.54, 1.807) is 23.1 Å². The molecule has 0 saturated carbocycles. The van der Waals surface area contributed by atoms with Crippen LogP contribution in [0.25, 0.3) is 0 Å². The molecular formula is C13H15BrClNO2. The number of aliphatic hydroxyl groups excluding tert-OH is 1. The fourth-order valence-electron chi connectivity index (χ4n) is 2.21. The smallest absolute Gasteiger partial charge is 0.253 e. The largest absolute Gasteiger partial charge is 0.396 e.